The lowest BCUT2D eigenvalue weighted by Gasteiger charge is -2.24. The SMILES string of the molecule is COc1cc(N2CC[C@@H]3O[C@H](C(=O)N(C)C)C[C@@H]32)ncn1.O=C(O)C(F)(F)F. The number of anilines is 1. The number of likely N-dealkylation sites (N-methyl/N-ethyl adjacent to an activating group) is 1. The number of hydrogen-bond donors (Lipinski definition) is 1. The summed E-state index contributed by atoms with van der Waals surface area (Å²) in [5.41, 5.74) is 0. The van der Waals surface area contributed by atoms with Gasteiger partial charge in [-0.3, -0.25) is 4.79 Å². The molecule has 2 aliphatic heterocycles. The number of nitrogens with zero attached hydrogens (tertiary/aromatic N) is 4. The molecule has 0 saturated carbocycles. The molecular weight excluding hydrogens is 385 g/mol. The van der Waals surface area contributed by atoms with Crippen LogP contribution in [0.2, 0.25) is 0 Å². The van der Waals surface area contributed by atoms with Crippen LogP contribution in [0.5, 0.6) is 5.88 Å². The number of carboxylic acids is 1. The maximum atomic E-state index is 12.1. The molecule has 9 nitrogen and oxygen atoms in total. The average molecular weight is 406 g/mol. The molecule has 3 rings (SSSR count). The predicted molar refractivity (Wildman–Crippen MR) is 90.0 cm³/mol. The third kappa shape index (κ3) is 5.00. The van der Waals surface area contributed by atoms with E-state index in [-0.39, 0.29) is 24.2 Å². The fourth-order valence-corrected chi connectivity index (χ4v) is 3.08. The molecule has 0 radical (unpaired) electrons. The highest BCUT2D eigenvalue weighted by molar-refractivity contribution is 5.81. The second-order valence-corrected chi connectivity index (χ2v) is 6.40. The van der Waals surface area contributed by atoms with Crippen molar-refractivity contribution in [3.8, 4) is 5.88 Å². The number of ether oxygens (including phenoxy) is 2. The van der Waals surface area contributed by atoms with Gasteiger partial charge in [0.05, 0.1) is 19.3 Å². The molecule has 3 heterocycles. The molecule has 28 heavy (non-hydrogen) atoms. The minimum atomic E-state index is -5.08. The molecular formula is C16H21F3N4O5. The molecule has 0 unspecified atom stereocenters. The lowest BCUT2D eigenvalue weighted by molar-refractivity contribution is -0.192. The fraction of sp³-hybridized carbons (Fsp3) is 0.625. The number of aromatic nitrogens is 2. The number of hydrogen-bond acceptors (Lipinski definition) is 7. The Balaban J connectivity index is 0.000000345. The number of carbonyl (C=O) groups is 2. The number of alkyl halides is 3. The summed E-state index contributed by atoms with van der Waals surface area (Å²) >= 11 is 0. The second-order valence-electron chi connectivity index (χ2n) is 6.40. The van der Waals surface area contributed by atoms with Crippen molar-refractivity contribution in [2.75, 3.05) is 32.6 Å². The minimum Gasteiger partial charge on any atom is -0.481 e. The maximum absolute atomic E-state index is 12.1. The van der Waals surface area contributed by atoms with Crippen LogP contribution in [-0.2, 0) is 14.3 Å². The Morgan fingerprint density at radius 2 is 2.00 bits per heavy atom. The molecule has 3 atom stereocenters. The van der Waals surface area contributed by atoms with Crippen LogP contribution >= 0.6 is 0 Å². The van der Waals surface area contributed by atoms with Crippen LogP contribution in [-0.4, -0.2) is 84.0 Å². The standard InChI is InChI=1S/C14H20N4O3.C2HF3O2/c1-17(2)14(19)11-6-9-10(21-11)4-5-18(9)12-7-13(20-3)16-8-15-12;3-2(4,5)1(6)7/h7-11H,4-6H2,1-3H3;(H,6,7)/t9-,10-,11-;/m0./s1. The van der Waals surface area contributed by atoms with E-state index in [1.807, 2.05) is 6.07 Å². The van der Waals surface area contributed by atoms with E-state index in [0.29, 0.717) is 12.3 Å². The van der Waals surface area contributed by atoms with Gasteiger partial charge in [-0.15, -0.1) is 0 Å². The molecule has 156 valence electrons. The first-order valence-corrected chi connectivity index (χ1v) is 8.34. The van der Waals surface area contributed by atoms with Crippen LogP contribution in [0.1, 0.15) is 12.8 Å². The van der Waals surface area contributed by atoms with Gasteiger partial charge in [-0.05, 0) is 6.42 Å². The van der Waals surface area contributed by atoms with Crippen molar-refractivity contribution in [3.63, 3.8) is 0 Å². The van der Waals surface area contributed by atoms with Gasteiger partial charge in [0.25, 0.3) is 5.91 Å². The van der Waals surface area contributed by atoms with Gasteiger partial charge in [0, 0.05) is 33.1 Å². The number of fused-ring (bicyclic) bond motifs is 1. The number of amides is 1. The van der Waals surface area contributed by atoms with Crippen molar-refractivity contribution < 1.29 is 37.3 Å². The van der Waals surface area contributed by atoms with E-state index in [2.05, 4.69) is 14.9 Å². The van der Waals surface area contributed by atoms with Gasteiger partial charge < -0.3 is 24.4 Å². The molecule has 1 amide bonds. The summed E-state index contributed by atoms with van der Waals surface area (Å²) < 4.78 is 42.8. The van der Waals surface area contributed by atoms with Gasteiger partial charge in [-0.25, -0.2) is 14.8 Å². The van der Waals surface area contributed by atoms with Gasteiger partial charge in [0.2, 0.25) is 5.88 Å². The molecule has 0 spiro atoms. The number of methoxy groups -OCH3 is 1. The van der Waals surface area contributed by atoms with Crippen LogP contribution in [0.3, 0.4) is 0 Å². The summed E-state index contributed by atoms with van der Waals surface area (Å²) in [4.78, 5) is 33.1. The molecule has 2 saturated heterocycles. The molecule has 12 heteroatoms. The Labute approximate surface area is 159 Å². The molecule has 2 aliphatic rings. The number of rotatable bonds is 3. The molecule has 0 bridgehead atoms. The summed E-state index contributed by atoms with van der Waals surface area (Å²) in [5.74, 6) is -1.35. The lowest BCUT2D eigenvalue weighted by Crippen LogP contribution is -2.36. The Hall–Kier alpha value is -2.63. The van der Waals surface area contributed by atoms with Crippen LogP contribution in [0, 0.1) is 0 Å². The van der Waals surface area contributed by atoms with Gasteiger partial charge in [0.15, 0.2) is 0 Å². The zero-order chi connectivity index (χ0) is 21.1. The Kier molecular flexibility index (Phi) is 6.65. The third-order valence-electron chi connectivity index (χ3n) is 4.37. The first-order valence-electron chi connectivity index (χ1n) is 8.34. The highest BCUT2D eigenvalue weighted by Crippen LogP contribution is 2.36. The van der Waals surface area contributed by atoms with Crippen LogP contribution in [0.25, 0.3) is 0 Å². The van der Waals surface area contributed by atoms with E-state index < -0.39 is 12.1 Å². The zero-order valence-electron chi connectivity index (χ0n) is 15.5. The maximum Gasteiger partial charge on any atom is 0.490 e. The highest BCUT2D eigenvalue weighted by Gasteiger charge is 2.46. The molecule has 1 aromatic rings. The average Bonchev–Trinajstić information content (AvgIpc) is 3.21. The van der Waals surface area contributed by atoms with Crippen molar-refractivity contribution >= 4 is 17.7 Å². The largest absolute Gasteiger partial charge is 0.490 e. The summed E-state index contributed by atoms with van der Waals surface area (Å²) in [6.45, 7) is 0.873. The van der Waals surface area contributed by atoms with Crippen molar-refractivity contribution in [2.45, 2.75) is 37.3 Å². The smallest absolute Gasteiger partial charge is 0.481 e. The second kappa shape index (κ2) is 8.59. The summed E-state index contributed by atoms with van der Waals surface area (Å²) in [5, 5.41) is 7.12. The van der Waals surface area contributed by atoms with E-state index >= 15 is 0 Å². The predicted octanol–water partition coefficient (Wildman–Crippen LogP) is 0.943. The van der Waals surface area contributed by atoms with E-state index in [0.717, 1.165) is 18.8 Å². The number of carbonyl (C=O) groups excluding carboxylic acids is 1. The summed E-state index contributed by atoms with van der Waals surface area (Å²) in [7, 11) is 5.10. The van der Waals surface area contributed by atoms with Crippen LogP contribution in [0.4, 0.5) is 19.0 Å². The number of halogens is 3. The normalized spacial score (nSPS) is 23.5. The Bertz CT molecular complexity index is 716. The number of aliphatic carboxylic acids is 1. The van der Waals surface area contributed by atoms with Gasteiger partial charge in [-0.1, -0.05) is 0 Å². The minimum absolute atomic E-state index is 0.0321. The topological polar surface area (TPSA) is 105 Å². The first kappa shape index (κ1) is 21.7. The van der Waals surface area contributed by atoms with Gasteiger partial charge in [0.1, 0.15) is 18.2 Å². The first-order chi connectivity index (χ1) is 13.0. The van der Waals surface area contributed by atoms with Crippen molar-refractivity contribution in [3.05, 3.63) is 12.4 Å². The monoisotopic (exact) mass is 406 g/mol. The molecule has 2 fully saturated rings. The molecule has 0 aromatic carbocycles. The van der Waals surface area contributed by atoms with E-state index in [1.165, 1.54) is 6.33 Å². The summed E-state index contributed by atoms with van der Waals surface area (Å²) in [6, 6.07) is 2.02. The van der Waals surface area contributed by atoms with Crippen molar-refractivity contribution in [1.29, 1.82) is 0 Å². The van der Waals surface area contributed by atoms with Gasteiger partial charge >= 0.3 is 12.1 Å². The number of carboxylic acid groups (broad SMARTS) is 1. The van der Waals surface area contributed by atoms with Gasteiger partial charge in [-0.2, -0.15) is 13.2 Å². The van der Waals surface area contributed by atoms with Crippen LogP contribution < -0.4 is 9.64 Å². The molecule has 1 aromatic heterocycles. The quantitative estimate of drug-likeness (QED) is 0.791. The van der Waals surface area contributed by atoms with Crippen molar-refractivity contribution in [1.82, 2.24) is 14.9 Å². The Morgan fingerprint density at radius 1 is 1.36 bits per heavy atom. The van der Waals surface area contributed by atoms with E-state index in [9.17, 15) is 18.0 Å². The highest BCUT2D eigenvalue weighted by atomic mass is 19.4. The van der Waals surface area contributed by atoms with E-state index in [4.69, 9.17) is 19.4 Å². The van der Waals surface area contributed by atoms with Crippen LogP contribution in [0.15, 0.2) is 12.4 Å². The van der Waals surface area contributed by atoms with E-state index in [1.54, 1.807) is 26.1 Å². The molecule has 0 aliphatic carbocycles. The lowest BCUT2D eigenvalue weighted by atomic mass is 10.1. The Morgan fingerprint density at radius 3 is 2.54 bits per heavy atom. The van der Waals surface area contributed by atoms with Crippen molar-refractivity contribution in [2.24, 2.45) is 0 Å². The third-order valence-corrected chi connectivity index (χ3v) is 4.37. The fourth-order valence-electron chi connectivity index (χ4n) is 3.08. The zero-order valence-corrected chi connectivity index (χ0v) is 15.5. The molecule has 1 N–H and O–H groups in total. The summed E-state index contributed by atoms with van der Waals surface area (Å²) in [6.07, 6.45) is -2.22.